The number of nitriles is 1. The molecule has 1 saturated carbocycles. The largest absolute Gasteiger partial charge is 0.367 e. The molecule has 0 saturated heterocycles. The van der Waals surface area contributed by atoms with Crippen LogP contribution in [0.5, 0.6) is 0 Å². The van der Waals surface area contributed by atoms with Gasteiger partial charge in [0.15, 0.2) is 11.5 Å². The second-order valence-corrected chi connectivity index (χ2v) is 4.74. The van der Waals surface area contributed by atoms with Crippen molar-refractivity contribution in [3.8, 4) is 6.07 Å². The third-order valence-corrected chi connectivity index (χ3v) is 3.30. The normalized spacial score (nSPS) is 18.0. The van der Waals surface area contributed by atoms with E-state index in [2.05, 4.69) is 22.2 Å². The molecule has 1 aliphatic rings. The van der Waals surface area contributed by atoms with Crippen molar-refractivity contribution in [3.63, 3.8) is 0 Å². The molecule has 1 aliphatic carbocycles. The Kier molecular flexibility index (Phi) is 3.04. The molecule has 0 radical (unpaired) electrons. The molecule has 2 rings (SSSR count). The average molecular weight is 216 g/mol. The second kappa shape index (κ2) is 4.48. The van der Waals surface area contributed by atoms with Crippen molar-refractivity contribution in [1.29, 1.82) is 5.26 Å². The smallest absolute Gasteiger partial charge is 0.182 e. The minimum Gasteiger partial charge on any atom is -0.367 e. The molecule has 0 aliphatic heterocycles. The molecule has 4 nitrogen and oxygen atoms in total. The molecule has 1 aromatic rings. The Bertz CT molecular complexity index is 402. The molecule has 1 heterocycles. The summed E-state index contributed by atoms with van der Waals surface area (Å²) in [6, 6.07) is 2.05. The number of nitrogens with one attached hydrogen (secondary N) is 1. The minimum absolute atomic E-state index is 0.351. The highest BCUT2D eigenvalue weighted by Gasteiger charge is 2.28. The lowest BCUT2D eigenvalue weighted by Gasteiger charge is -2.23. The van der Waals surface area contributed by atoms with E-state index in [9.17, 15) is 0 Å². The molecule has 0 spiro atoms. The van der Waals surface area contributed by atoms with E-state index in [1.807, 2.05) is 6.07 Å². The van der Waals surface area contributed by atoms with Crippen molar-refractivity contribution in [1.82, 2.24) is 9.97 Å². The van der Waals surface area contributed by atoms with E-state index in [0.717, 1.165) is 6.54 Å². The summed E-state index contributed by atoms with van der Waals surface area (Å²) in [5.41, 5.74) is 0.730. The topological polar surface area (TPSA) is 61.6 Å². The average Bonchev–Trinajstić information content (AvgIpc) is 2.74. The van der Waals surface area contributed by atoms with E-state index in [1.54, 1.807) is 12.4 Å². The van der Waals surface area contributed by atoms with Crippen molar-refractivity contribution in [2.45, 2.75) is 32.6 Å². The van der Waals surface area contributed by atoms with Crippen molar-refractivity contribution >= 4 is 5.82 Å². The molecule has 1 aromatic heterocycles. The fourth-order valence-corrected chi connectivity index (χ4v) is 2.25. The zero-order valence-electron chi connectivity index (χ0n) is 9.53. The van der Waals surface area contributed by atoms with Gasteiger partial charge in [-0.3, -0.25) is 0 Å². The van der Waals surface area contributed by atoms with Gasteiger partial charge in [0.05, 0.1) is 0 Å². The van der Waals surface area contributed by atoms with Gasteiger partial charge in [0.25, 0.3) is 0 Å². The van der Waals surface area contributed by atoms with Crippen molar-refractivity contribution in [2.24, 2.45) is 5.41 Å². The molecule has 1 fully saturated rings. The van der Waals surface area contributed by atoms with Gasteiger partial charge in [-0.15, -0.1) is 0 Å². The lowest BCUT2D eigenvalue weighted by atomic mass is 9.89. The van der Waals surface area contributed by atoms with Crippen LogP contribution in [0.1, 0.15) is 38.3 Å². The summed E-state index contributed by atoms with van der Waals surface area (Å²) in [5, 5.41) is 12.1. The maximum Gasteiger partial charge on any atom is 0.182 e. The van der Waals surface area contributed by atoms with E-state index >= 15 is 0 Å². The molecule has 1 N–H and O–H groups in total. The molecule has 0 unspecified atom stereocenters. The van der Waals surface area contributed by atoms with Crippen molar-refractivity contribution < 1.29 is 0 Å². The van der Waals surface area contributed by atoms with Crippen LogP contribution >= 0.6 is 0 Å². The summed E-state index contributed by atoms with van der Waals surface area (Å²) in [6.45, 7) is 3.16. The second-order valence-electron chi connectivity index (χ2n) is 4.74. The Labute approximate surface area is 95.7 Å². The van der Waals surface area contributed by atoms with Crippen molar-refractivity contribution in [3.05, 3.63) is 18.1 Å². The molecular formula is C12H16N4. The van der Waals surface area contributed by atoms with Crippen LogP contribution in [0.25, 0.3) is 0 Å². The van der Waals surface area contributed by atoms with Gasteiger partial charge in [0.2, 0.25) is 0 Å². The van der Waals surface area contributed by atoms with Crippen LogP contribution in [-0.2, 0) is 0 Å². The van der Waals surface area contributed by atoms with Gasteiger partial charge in [0, 0.05) is 18.9 Å². The minimum atomic E-state index is 0.351. The molecule has 0 atom stereocenters. The van der Waals surface area contributed by atoms with Gasteiger partial charge in [-0.2, -0.15) is 5.26 Å². The molecule has 4 heteroatoms. The summed E-state index contributed by atoms with van der Waals surface area (Å²) in [7, 11) is 0. The summed E-state index contributed by atoms with van der Waals surface area (Å²) in [5.74, 6) is 0.609. The Morgan fingerprint density at radius 2 is 2.06 bits per heavy atom. The summed E-state index contributed by atoms with van der Waals surface area (Å²) < 4.78 is 0. The van der Waals surface area contributed by atoms with Crippen LogP contribution in [-0.4, -0.2) is 16.5 Å². The lowest BCUT2D eigenvalue weighted by molar-refractivity contribution is 0.361. The number of nitrogens with zero attached hydrogens (tertiary/aromatic N) is 3. The van der Waals surface area contributed by atoms with Crippen LogP contribution in [0.4, 0.5) is 5.82 Å². The maximum atomic E-state index is 8.88. The number of aromatic nitrogens is 2. The number of anilines is 1. The first-order valence-corrected chi connectivity index (χ1v) is 5.68. The third kappa shape index (κ3) is 2.30. The zero-order chi connectivity index (χ0) is 11.4. The Balaban J connectivity index is 2.02. The monoisotopic (exact) mass is 216 g/mol. The number of hydrogen-bond acceptors (Lipinski definition) is 4. The van der Waals surface area contributed by atoms with Gasteiger partial charge in [-0.25, -0.2) is 9.97 Å². The summed E-state index contributed by atoms with van der Waals surface area (Å²) in [6.07, 6.45) is 8.28. The molecule has 84 valence electrons. The van der Waals surface area contributed by atoms with E-state index < -0.39 is 0 Å². The van der Waals surface area contributed by atoms with Gasteiger partial charge in [-0.1, -0.05) is 19.8 Å². The van der Waals surface area contributed by atoms with Gasteiger partial charge < -0.3 is 5.32 Å². The van der Waals surface area contributed by atoms with Crippen LogP contribution < -0.4 is 5.32 Å². The highest BCUT2D eigenvalue weighted by molar-refractivity contribution is 5.46. The fraction of sp³-hybridized carbons (Fsp3) is 0.583. The Hall–Kier alpha value is -1.63. The van der Waals surface area contributed by atoms with Gasteiger partial charge in [-0.05, 0) is 18.3 Å². The molecule has 0 bridgehead atoms. The Morgan fingerprint density at radius 3 is 2.75 bits per heavy atom. The first-order valence-electron chi connectivity index (χ1n) is 5.68. The van der Waals surface area contributed by atoms with Gasteiger partial charge in [0.1, 0.15) is 6.07 Å². The SMILES string of the molecule is CC1(CNc2nccnc2C#N)CCCC1. The first-order chi connectivity index (χ1) is 7.73. The van der Waals surface area contributed by atoms with Crippen LogP contribution in [0.3, 0.4) is 0 Å². The molecule has 0 aromatic carbocycles. The highest BCUT2D eigenvalue weighted by atomic mass is 15.0. The van der Waals surface area contributed by atoms with Crippen LogP contribution in [0.15, 0.2) is 12.4 Å². The van der Waals surface area contributed by atoms with E-state index in [1.165, 1.54) is 25.7 Å². The predicted molar refractivity (Wildman–Crippen MR) is 61.8 cm³/mol. The predicted octanol–water partition coefficient (Wildman–Crippen LogP) is 2.34. The maximum absolute atomic E-state index is 8.88. The number of hydrogen-bond donors (Lipinski definition) is 1. The summed E-state index contributed by atoms with van der Waals surface area (Å²) >= 11 is 0. The van der Waals surface area contributed by atoms with E-state index in [-0.39, 0.29) is 0 Å². The van der Waals surface area contributed by atoms with E-state index in [4.69, 9.17) is 5.26 Å². The quantitative estimate of drug-likeness (QED) is 0.842. The highest BCUT2D eigenvalue weighted by Crippen LogP contribution is 2.37. The van der Waals surface area contributed by atoms with Crippen LogP contribution in [0.2, 0.25) is 0 Å². The van der Waals surface area contributed by atoms with Gasteiger partial charge >= 0.3 is 0 Å². The summed E-state index contributed by atoms with van der Waals surface area (Å²) in [4.78, 5) is 8.12. The zero-order valence-corrected chi connectivity index (χ0v) is 9.53. The standard InChI is InChI=1S/C12H16N4/c1-12(4-2-3-5-12)9-16-11-10(8-13)14-6-7-15-11/h6-7H,2-5,9H2,1H3,(H,15,16). The third-order valence-electron chi connectivity index (χ3n) is 3.30. The molecular weight excluding hydrogens is 200 g/mol. The van der Waals surface area contributed by atoms with Crippen LogP contribution in [0, 0.1) is 16.7 Å². The number of rotatable bonds is 3. The first kappa shape index (κ1) is 10.9. The molecule has 0 amide bonds. The Morgan fingerprint density at radius 1 is 1.38 bits per heavy atom. The molecule has 16 heavy (non-hydrogen) atoms. The fourth-order valence-electron chi connectivity index (χ4n) is 2.25. The van der Waals surface area contributed by atoms with E-state index in [0.29, 0.717) is 16.9 Å². The van der Waals surface area contributed by atoms with Crippen molar-refractivity contribution in [2.75, 3.05) is 11.9 Å². The lowest BCUT2D eigenvalue weighted by Crippen LogP contribution is -2.23.